The van der Waals surface area contributed by atoms with Crippen LogP contribution in [0.1, 0.15) is 5.56 Å². The van der Waals surface area contributed by atoms with E-state index in [1.165, 1.54) is 12.1 Å². The highest BCUT2D eigenvalue weighted by Gasteiger charge is 1.95. The molecule has 0 saturated heterocycles. The molecule has 0 fully saturated rings. The van der Waals surface area contributed by atoms with E-state index in [1.807, 2.05) is 23.6 Å². The van der Waals surface area contributed by atoms with Crippen molar-refractivity contribution in [1.82, 2.24) is 4.40 Å². The quantitative estimate of drug-likeness (QED) is 0.541. The molecule has 0 spiro atoms. The number of hydrogen-bond acceptors (Lipinski definition) is 0. The first-order chi connectivity index (χ1) is 5.25. The standard InChI is InChI=1S/C9H8FN/c1-7-4-9-5-8(10)2-3-11(9)6-7/h2-6H,1H3. The lowest BCUT2D eigenvalue weighted by Gasteiger charge is -1.91. The molecule has 2 aromatic heterocycles. The second kappa shape index (κ2) is 2.09. The highest BCUT2D eigenvalue weighted by Crippen LogP contribution is 2.09. The smallest absolute Gasteiger partial charge is 0.126 e. The third-order valence-corrected chi connectivity index (χ3v) is 1.70. The summed E-state index contributed by atoms with van der Waals surface area (Å²) in [5.74, 6) is -0.185. The van der Waals surface area contributed by atoms with E-state index in [2.05, 4.69) is 0 Å². The Morgan fingerprint density at radius 3 is 3.00 bits per heavy atom. The van der Waals surface area contributed by atoms with Crippen molar-refractivity contribution >= 4 is 5.52 Å². The number of halogens is 1. The predicted molar refractivity (Wildman–Crippen MR) is 42.1 cm³/mol. The Morgan fingerprint density at radius 1 is 1.36 bits per heavy atom. The third-order valence-electron chi connectivity index (χ3n) is 1.70. The summed E-state index contributed by atoms with van der Waals surface area (Å²) in [7, 11) is 0. The van der Waals surface area contributed by atoms with Crippen molar-refractivity contribution in [2.45, 2.75) is 6.92 Å². The van der Waals surface area contributed by atoms with Gasteiger partial charge in [0.05, 0.1) is 0 Å². The van der Waals surface area contributed by atoms with Crippen molar-refractivity contribution in [3.8, 4) is 0 Å². The third kappa shape index (κ3) is 1.00. The largest absolute Gasteiger partial charge is 0.323 e. The molecule has 0 aliphatic rings. The van der Waals surface area contributed by atoms with E-state index in [1.54, 1.807) is 6.20 Å². The van der Waals surface area contributed by atoms with Crippen LogP contribution < -0.4 is 0 Å². The number of rotatable bonds is 0. The molecule has 0 saturated carbocycles. The van der Waals surface area contributed by atoms with Gasteiger partial charge < -0.3 is 4.40 Å². The molecule has 56 valence electrons. The van der Waals surface area contributed by atoms with Crippen molar-refractivity contribution in [2.75, 3.05) is 0 Å². The maximum absolute atomic E-state index is 12.6. The van der Waals surface area contributed by atoms with Gasteiger partial charge >= 0.3 is 0 Å². The van der Waals surface area contributed by atoms with Gasteiger partial charge in [0, 0.05) is 17.9 Å². The van der Waals surface area contributed by atoms with E-state index in [4.69, 9.17) is 0 Å². The maximum atomic E-state index is 12.6. The van der Waals surface area contributed by atoms with Gasteiger partial charge in [0.2, 0.25) is 0 Å². The number of aromatic nitrogens is 1. The average molecular weight is 149 g/mol. The molecule has 2 rings (SSSR count). The number of aryl methyl sites for hydroxylation is 1. The van der Waals surface area contributed by atoms with Gasteiger partial charge in [-0.2, -0.15) is 0 Å². The van der Waals surface area contributed by atoms with Gasteiger partial charge in [-0.1, -0.05) is 0 Å². The summed E-state index contributed by atoms with van der Waals surface area (Å²) >= 11 is 0. The lowest BCUT2D eigenvalue weighted by atomic mass is 10.3. The van der Waals surface area contributed by atoms with Crippen molar-refractivity contribution in [1.29, 1.82) is 0 Å². The van der Waals surface area contributed by atoms with Crippen LogP contribution >= 0.6 is 0 Å². The molecule has 0 radical (unpaired) electrons. The van der Waals surface area contributed by atoms with E-state index in [0.717, 1.165) is 11.1 Å². The number of nitrogens with zero attached hydrogens (tertiary/aromatic N) is 1. The molecule has 0 bridgehead atoms. The van der Waals surface area contributed by atoms with Gasteiger partial charge in [-0.15, -0.1) is 0 Å². The summed E-state index contributed by atoms with van der Waals surface area (Å²) < 4.78 is 14.5. The lowest BCUT2D eigenvalue weighted by Crippen LogP contribution is -1.81. The monoisotopic (exact) mass is 149 g/mol. The van der Waals surface area contributed by atoms with Gasteiger partial charge in [0.15, 0.2) is 0 Å². The van der Waals surface area contributed by atoms with E-state index < -0.39 is 0 Å². The van der Waals surface area contributed by atoms with Gasteiger partial charge in [-0.25, -0.2) is 4.39 Å². The fourth-order valence-electron chi connectivity index (χ4n) is 1.23. The van der Waals surface area contributed by atoms with E-state index in [0.29, 0.717) is 0 Å². The van der Waals surface area contributed by atoms with Gasteiger partial charge in [0.1, 0.15) is 5.82 Å². The molecule has 0 atom stereocenters. The molecule has 2 heteroatoms. The fourth-order valence-corrected chi connectivity index (χ4v) is 1.23. The van der Waals surface area contributed by atoms with Crippen LogP contribution in [-0.4, -0.2) is 4.40 Å². The normalized spacial score (nSPS) is 10.7. The molecule has 11 heavy (non-hydrogen) atoms. The molecule has 0 unspecified atom stereocenters. The minimum atomic E-state index is -0.185. The molecule has 0 aliphatic carbocycles. The predicted octanol–water partition coefficient (Wildman–Crippen LogP) is 2.39. The lowest BCUT2D eigenvalue weighted by molar-refractivity contribution is 0.627. The van der Waals surface area contributed by atoms with Gasteiger partial charge in [-0.3, -0.25) is 0 Å². The SMILES string of the molecule is Cc1cc2cc(F)ccn2c1. The highest BCUT2D eigenvalue weighted by molar-refractivity contribution is 5.50. The Hall–Kier alpha value is -1.31. The molecule has 0 amide bonds. The zero-order valence-electron chi connectivity index (χ0n) is 6.21. The Bertz CT molecular complexity index is 389. The number of hydrogen-bond donors (Lipinski definition) is 0. The molecule has 1 nitrogen and oxygen atoms in total. The first kappa shape index (κ1) is 6.40. The van der Waals surface area contributed by atoms with Crippen LogP contribution in [0.25, 0.3) is 5.52 Å². The highest BCUT2D eigenvalue weighted by atomic mass is 19.1. The zero-order chi connectivity index (χ0) is 7.84. The topological polar surface area (TPSA) is 4.41 Å². The van der Waals surface area contributed by atoms with Crippen molar-refractivity contribution in [2.24, 2.45) is 0 Å². The molecular weight excluding hydrogens is 141 g/mol. The summed E-state index contributed by atoms with van der Waals surface area (Å²) in [6.07, 6.45) is 3.69. The first-order valence-electron chi connectivity index (χ1n) is 3.49. The van der Waals surface area contributed by atoms with E-state index in [-0.39, 0.29) is 5.82 Å². The van der Waals surface area contributed by atoms with Crippen molar-refractivity contribution in [3.05, 3.63) is 42.0 Å². The molecule has 0 N–H and O–H groups in total. The van der Waals surface area contributed by atoms with Crippen LogP contribution in [0.2, 0.25) is 0 Å². The maximum Gasteiger partial charge on any atom is 0.126 e. The summed E-state index contributed by atoms with van der Waals surface area (Å²) in [6, 6.07) is 4.92. The van der Waals surface area contributed by atoms with Crippen LogP contribution in [-0.2, 0) is 0 Å². The average Bonchev–Trinajstić information content (AvgIpc) is 2.27. The molecule has 0 aromatic carbocycles. The van der Waals surface area contributed by atoms with Crippen molar-refractivity contribution in [3.63, 3.8) is 0 Å². The van der Waals surface area contributed by atoms with Crippen LogP contribution in [0.15, 0.2) is 30.6 Å². The van der Waals surface area contributed by atoms with E-state index in [9.17, 15) is 4.39 Å². The Balaban J connectivity index is 2.82. The summed E-state index contributed by atoms with van der Waals surface area (Å²) in [6.45, 7) is 1.99. The summed E-state index contributed by atoms with van der Waals surface area (Å²) in [4.78, 5) is 0. The van der Waals surface area contributed by atoms with Crippen LogP contribution in [0.4, 0.5) is 4.39 Å². The Kier molecular flexibility index (Phi) is 1.22. The minimum absolute atomic E-state index is 0.185. The molecule has 2 heterocycles. The van der Waals surface area contributed by atoms with Crippen LogP contribution in [0.5, 0.6) is 0 Å². The van der Waals surface area contributed by atoms with Crippen LogP contribution in [0.3, 0.4) is 0 Å². The summed E-state index contributed by atoms with van der Waals surface area (Å²) in [5, 5.41) is 0. The molecule has 2 aromatic rings. The number of pyridine rings is 1. The number of fused-ring (bicyclic) bond motifs is 1. The Labute approximate surface area is 64.1 Å². The second-order valence-corrected chi connectivity index (χ2v) is 2.69. The zero-order valence-corrected chi connectivity index (χ0v) is 6.21. The fraction of sp³-hybridized carbons (Fsp3) is 0.111. The van der Waals surface area contributed by atoms with Crippen LogP contribution in [0, 0.1) is 12.7 Å². The molecule has 0 aliphatic heterocycles. The van der Waals surface area contributed by atoms with Crippen molar-refractivity contribution < 1.29 is 4.39 Å². The second-order valence-electron chi connectivity index (χ2n) is 2.69. The van der Waals surface area contributed by atoms with E-state index >= 15 is 0 Å². The Morgan fingerprint density at radius 2 is 2.18 bits per heavy atom. The van der Waals surface area contributed by atoms with Gasteiger partial charge in [-0.05, 0) is 30.7 Å². The minimum Gasteiger partial charge on any atom is -0.323 e. The molecular formula is C9H8FN. The summed E-state index contributed by atoms with van der Waals surface area (Å²) in [5.41, 5.74) is 2.05. The van der Waals surface area contributed by atoms with Gasteiger partial charge in [0.25, 0.3) is 0 Å². The first-order valence-corrected chi connectivity index (χ1v) is 3.49.